The predicted molar refractivity (Wildman–Crippen MR) is 97.7 cm³/mol. The van der Waals surface area contributed by atoms with Crippen LogP contribution in [0.25, 0.3) is 11.0 Å². The highest BCUT2D eigenvalue weighted by molar-refractivity contribution is 6.32. The molecule has 5 nitrogen and oxygen atoms in total. The van der Waals surface area contributed by atoms with E-state index in [2.05, 4.69) is 9.97 Å². The Kier molecular flexibility index (Phi) is 5.20. The van der Waals surface area contributed by atoms with E-state index < -0.39 is 23.2 Å². The first-order valence-corrected chi connectivity index (χ1v) is 9.06. The lowest BCUT2D eigenvalue weighted by Crippen LogP contribution is -2.49. The summed E-state index contributed by atoms with van der Waals surface area (Å²) in [6.07, 6.45) is 0.615. The van der Waals surface area contributed by atoms with Crippen LogP contribution in [-0.2, 0) is 4.79 Å². The van der Waals surface area contributed by atoms with Gasteiger partial charge in [-0.05, 0) is 27.2 Å². The molecule has 1 aromatic heterocycles. The van der Waals surface area contributed by atoms with E-state index in [1.807, 2.05) is 4.90 Å². The van der Waals surface area contributed by atoms with Crippen molar-refractivity contribution >= 4 is 34.4 Å². The minimum Gasteiger partial charge on any atom is -0.352 e. The molecule has 1 aromatic carbocycles. The first kappa shape index (κ1) is 19.7. The van der Waals surface area contributed by atoms with E-state index >= 15 is 0 Å². The van der Waals surface area contributed by atoms with Crippen molar-refractivity contribution in [3.63, 3.8) is 0 Å². The Hall–Kier alpha value is -2.09. The molecule has 0 aliphatic carbocycles. The van der Waals surface area contributed by atoms with Crippen LogP contribution in [-0.4, -0.2) is 52.1 Å². The van der Waals surface area contributed by atoms with Crippen LogP contribution in [0.4, 0.5) is 19.0 Å². The number of hydrogen-bond donors (Lipinski definition) is 0. The van der Waals surface area contributed by atoms with E-state index in [-0.39, 0.29) is 22.2 Å². The lowest BCUT2D eigenvalue weighted by molar-refractivity contribution is -0.143. The van der Waals surface area contributed by atoms with Gasteiger partial charge in [-0.1, -0.05) is 11.6 Å². The second-order valence-corrected chi connectivity index (χ2v) is 7.40. The van der Waals surface area contributed by atoms with Gasteiger partial charge >= 0.3 is 0 Å². The van der Waals surface area contributed by atoms with E-state index in [1.165, 1.54) is 18.7 Å². The molecule has 2 heterocycles. The summed E-state index contributed by atoms with van der Waals surface area (Å²) in [7, 11) is 0. The van der Waals surface area contributed by atoms with Gasteiger partial charge in [0.05, 0.1) is 17.1 Å². The van der Waals surface area contributed by atoms with Gasteiger partial charge in [-0.15, -0.1) is 0 Å². The Morgan fingerprint density at radius 1 is 1.30 bits per heavy atom. The van der Waals surface area contributed by atoms with Gasteiger partial charge in [0.25, 0.3) is 5.91 Å². The Labute approximate surface area is 160 Å². The molecule has 0 unspecified atom stereocenters. The molecule has 3 rings (SSSR count). The Bertz CT molecular complexity index is 887. The van der Waals surface area contributed by atoms with Crippen molar-refractivity contribution in [1.29, 1.82) is 0 Å². The summed E-state index contributed by atoms with van der Waals surface area (Å²) in [5, 5.41) is 0.0642. The fourth-order valence-corrected chi connectivity index (χ4v) is 3.57. The van der Waals surface area contributed by atoms with Gasteiger partial charge in [-0.2, -0.15) is 0 Å². The van der Waals surface area contributed by atoms with Crippen LogP contribution in [0.5, 0.6) is 0 Å². The number of fused-ring (bicyclic) bond motifs is 1. The van der Waals surface area contributed by atoms with Gasteiger partial charge in [0.15, 0.2) is 28.3 Å². The monoisotopic (exact) mass is 400 g/mol. The highest BCUT2D eigenvalue weighted by Crippen LogP contribution is 2.30. The molecule has 9 heteroatoms. The summed E-state index contributed by atoms with van der Waals surface area (Å²) in [5.74, 6) is -2.27. The van der Waals surface area contributed by atoms with Crippen molar-refractivity contribution in [2.75, 3.05) is 24.5 Å². The lowest BCUT2D eigenvalue weighted by Gasteiger charge is -2.31. The van der Waals surface area contributed by atoms with Crippen molar-refractivity contribution in [3.05, 3.63) is 28.9 Å². The van der Waals surface area contributed by atoms with Crippen LogP contribution in [0.1, 0.15) is 27.2 Å². The number of likely N-dealkylation sites (N-methyl/N-ethyl adjacent to an activating group) is 1. The molecule has 1 amide bonds. The Balaban J connectivity index is 1.87. The molecule has 0 bridgehead atoms. The fourth-order valence-electron chi connectivity index (χ4n) is 3.32. The molecule has 1 aliphatic heterocycles. The highest BCUT2D eigenvalue weighted by Gasteiger charge is 2.38. The first-order valence-electron chi connectivity index (χ1n) is 8.69. The normalized spacial score (nSPS) is 17.6. The number of halogens is 4. The number of amides is 1. The standard InChI is InChI=1S/C18H20ClF3N4O/c1-4-26(17(27)18(2,3)22)10-5-6-25(9-10)16-15(19)23-13-7-11(20)12(21)8-14(13)24-16/h7-8,10H,4-6,9H2,1-3H3/t10-/m0/s1. The largest absolute Gasteiger partial charge is 0.352 e. The van der Waals surface area contributed by atoms with Crippen LogP contribution in [0, 0.1) is 11.6 Å². The third kappa shape index (κ3) is 3.81. The molecule has 1 saturated heterocycles. The summed E-state index contributed by atoms with van der Waals surface area (Å²) in [4.78, 5) is 24.1. The van der Waals surface area contributed by atoms with E-state index in [9.17, 15) is 18.0 Å². The summed E-state index contributed by atoms with van der Waals surface area (Å²) < 4.78 is 41.0. The van der Waals surface area contributed by atoms with Crippen LogP contribution >= 0.6 is 11.6 Å². The smallest absolute Gasteiger partial charge is 0.259 e. The van der Waals surface area contributed by atoms with Crippen LogP contribution in [0.3, 0.4) is 0 Å². The summed E-state index contributed by atoms with van der Waals surface area (Å²) >= 11 is 6.20. The molecular formula is C18H20ClF3N4O. The third-order valence-corrected chi connectivity index (χ3v) is 4.91. The van der Waals surface area contributed by atoms with E-state index in [0.29, 0.717) is 31.9 Å². The van der Waals surface area contributed by atoms with Crippen LogP contribution < -0.4 is 4.90 Å². The van der Waals surface area contributed by atoms with Gasteiger partial charge in [0, 0.05) is 31.8 Å². The highest BCUT2D eigenvalue weighted by atomic mass is 35.5. The maximum Gasteiger partial charge on any atom is 0.259 e. The number of carbonyl (C=O) groups excluding carboxylic acids is 1. The zero-order valence-corrected chi connectivity index (χ0v) is 16.0. The SMILES string of the molecule is CCN(C(=O)C(C)(C)F)[C@H]1CCN(c2nc3cc(F)c(F)cc3nc2Cl)C1. The second-order valence-electron chi connectivity index (χ2n) is 7.05. The molecular weight excluding hydrogens is 381 g/mol. The number of nitrogens with zero attached hydrogens (tertiary/aromatic N) is 4. The molecule has 146 valence electrons. The van der Waals surface area contributed by atoms with Gasteiger partial charge in [-0.25, -0.2) is 23.1 Å². The molecule has 0 radical (unpaired) electrons. The summed E-state index contributed by atoms with van der Waals surface area (Å²) in [6, 6.07) is 1.72. The molecule has 1 aliphatic rings. The molecule has 0 spiro atoms. The molecule has 1 atom stereocenters. The van der Waals surface area contributed by atoms with Crippen molar-refractivity contribution in [3.8, 4) is 0 Å². The third-order valence-electron chi connectivity index (χ3n) is 4.66. The molecule has 0 N–H and O–H groups in total. The maximum absolute atomic E-state index is 14.1. The minimum atomic E-state index is -1.95. The number of alkyl halides is 1. The van der Waals surface area contributed by atoms with Gasteiger partial charge in [0.1, 0.15) is 0 Å². The Morgan fingerprint density at radius 2 is 1.89 bits per heavy atom. The summed E-state index contributed by atoms with van der Waals surface area (Å²) in [6.45, 7) is 5.59. The number of anilines is 1. The average Bonchev–Trinajstić information content (AvgIpc) is 3.05. The maximum atomic E-state index is 14.1. The van der Waals surface area contributed by atoms with Crippen molar-refractivity contribution in [2.45, 2.75) is 38.9 Å². The quantitative estimate of drug-likeness (QED) is 0.784. The molecule has 1 fully saturated rings. The van der Waals surface area contributed by atoms with Crippen molar-refractivity contribution in [1.82, 2.24) is 14.9 Å². The fraction of sp³-hybridized carbons (Fsp3) is 0.500. The van der Waals surface area contributed by atoms with Gasteiger partial charge in [-0.3, -0.25) is 4.79 Å². The number of aromatic nitrogens is 2. The van der Waals surface area contributed by atoms with E-state index in [4.69, 9.17) is 11.6 Å². The van der Waals surface area contributed by atoms with Crippen LogP contribution in [0.2, 0.25) is 5.15 Å². The minimum absolute atomic E-state index is 0.0642. The number of carbonyl (C=O) groups is 1. The second kappa shape index (κ2) is 7.14. The number of hydrogen-bond acceptors (Lipinski definition) is 4. The van der Waals surface area contributed by atoms with Crippen molar-refractivity contribution < 1.29 is 18.0 Å². The van der Waals surface area contributed by atoms with Gasteiger partial charge in [0.2, 0.25) is 0 Å². The topological polar surface area (TPSA) is 49.3 Å². The van der Waals surface area contributed by atoms with E-state index in [1.54, 1.807) is 6.92 Å². The zero-order valence-electron chi connectivity index (χ0n) is 15.3. The number of benzene rings is 1. The Morgan fingerprint density at radius 3 is 2.44 bits per heavy atom. The van der Waals surface area contributed by atoms with Gasteiger partial charge < -0.3 is 9.80 Å². The first-order chi connectivity index (χ1) is 12.6. The van der Waals surface area contributed by atoms with Crippen molar-refractivity contribution in [2.24, 2.45) is 0 Å². The molecule has 27 heavy (non-hydrogen) atoms. The van der Waals surface area contributed by atoms with E-state index in [0.717, 1.165) is 12.1 Å². The summed E-state index contributed by atoms with van der Waals surface area (Å²) in [5.41, 5.74) is -1.61. The van der Waals surface area contributed by atoms with Crippen LogP contribution in [0.15, 0.2) is 12.1 Å². The molecule has 2 aromatic rings. The lowest BCUT2D eigenvalue weighted by atomic mass is 10.1. The number of rotatable bonds is 4. The zero-order chi connectivity index (χ0) is 19.9. The molecule has 0 saturated carbocycles. The predicted octanol–water partition coefficient (Wildman–Crippen LogP) is 3.74. The average molecular weight is 401 g/mol.